The minimum atomic E-state index is -0.363. The van der Waals surface area contributed by atoms with Crippen molar-refractivity contribution >= 4 is 22.8 Å². The van der Waals surface area contributed by atoms with E-state index in [0.29, 0.717) is 28.5 Å². The molecule has 3 heterocycles. The van der Waals surface area contributed by atoms with Crippen molar-refractivity contribution in [2.75, 3.05) is 25.1 Å². The van der Waals surface area contributed by atoms with Gasteiger partial charge in [-0.3, -0.25) is 9.36 Å². The fourth-order valence-corrected chi connectivity index (χ4v) is 4.32. The molecule has 0 bridgehead atoms. The van der Waals surface area contributed by atoms with E-state index in [-0.39, 0.29) is 17.6 Å². The van der Waals surface area contributed by atoms with E-state index in [1.165, 1.54) is 10.9 Å². The van der Waals surface area contributed by atoms with Crippen molar-refractivity contribution in [2.24, 2.45) is 5.92 Å². The summed E-state index contributed by atoms with van der Waals surface area (Å²) in [5.74, 6) is 0.839. The van der Waals surface area contributed by atoms with E-state index in [9.17, 15) is 9.90 Å². The highest BCUT2D eigenvalue weighted by Gasteiger charge is 2.29. The molecule has 2 aromatic heterocycles. The highest BCUT2D eigenvalue weighted by molar-refractivity contribution is 6.30. The zero-order chi connectivity index (χ0) is 22.4. The van der Waals surface area contributed by atoms with E-state index in [2.05, 4.69) is 10.00 Å². The third kappa shape index (κ3) is 3.53. The number of hydrogen-bond acceptors (Lipinski definition) is 5. The summed E-state index contributed by atoms with van der Waals surface area (Å²) in [6.07, 6.45) is 2.98. The molecule has 1 N–H and O–H groups in total. The Hall–Kier alpha value is -3.29. The maximum atomic E-state index is 13.3. The average molecular weight is 451 g/mol. The molecule has 5 rings (SSSR count). The van der Waals surface area contributed by atoms with Gasteiger partial charge in [-0.05, 0) is 35.9 Å². The van der Waals surface area contributed by atoms with Crippen LogP contribution in [-0.4, -0.2) is 45.6 Å². The zero-order valence-corrected chi connectivity index (χ0v) is 18.5. The van der Waals surface area contributed by atoms with Crippen molar-refractivity contribution in [1.82, 2.24) is 14.2 Å². The number of methoxy groups -OCH3 is 1. The zero-order valence-electron chi connectivity index (χ0n) is 17.8. The Labute approximate surface area is 190 Å². The predicted molar refractivity (Wildman–Crippen MR) is 125 cm³/mol. The second kappa shape index (κ2) is 8.00. The Morgan fingerprint density at radius 3 is 2.56 bits per heavy atom. The average Bonchev–Trinajstić information content (AvgIpc) is 3.38. The minimum absolute atomic E-state index is 0.180. The maximum Gasteiger partial charge on any atom is 0.282 e. The van der Waals surface area contributed by atoms with Gasteiger partial charge in [-0.1, -0.05) is 30.7 Å². The molecule has 1 aliphatic heterocycles. The molecule has 0 saturated carbocycles. The maximum absolute atomic E-state index is 13.3. The summed E-state index contributed by atoms with van der Waals surface area (Å²) in [6.45, 7) is 3.34. The van der Waals surface area contributed by atoms with Gasteiger partial charge in [0, 0.05) is 41.9 Å². The van der Waals surface area contributed by atoms with Crippen LogP contribution in [0, 0.1) is 5.92 Å². The first-order chi connectivity index (χ1) is 15.4. The van der Waals surface area contributed by atoms with E-state index < -0.39 is 0 Å². The van der Waals surface area contributed by atoms with Gasteiger partial charge in [0.1, 0.15) is 17.6 Å². The molecule has 2 atom stereocenters. The van der Waals surface area contributed by atoms with E-state index in [1.54, 1.807) is 11.6 Å². The van der Waals surface area contributed by atoms with Crippen molar-refractivity contribution in [3.8, 4) is 22.6 Å². The molecule has 32 heavy (non-hydrogen) atoms. The number of rotatable bonds is 4. The summed E-state index contributed by atoms with van der Waals surface area (Å²) in [7, 11) is 1.61. The predicted octanol–water partition coefficient (Wildman–Crippen LogP) is 3.63. The van der Waals surface area contributed by atoms with Gasteiger partial charge in [-0.15, -0.1) is 0 Å². The largest absolute Gasteiger partial charge is 0.495 e. The van der Waals surface area contributed by atoms with Crippen molar-refractivity contribution in [2.45, 2.75) is 13.0 Å². The SMILES string of the molecule is COc1cc(-n2cnn3cc(-c4ccc(Cl)cc4)cc3c2=O)ccc1N1C[C@@H](O)[C@@H](C)C1. The summed E-state index contributed by atoms with van der Waals surface area (Å²) in [4.78, 5) is 15.4. The second-order valence-corrected chi connectivity index (χ2v) is 8.61. The number of ether oxygens (including phenoxy) is 1. The van der Waals surface area contributed by atoms with Crippen LogP contribution in [-0.2, 0) is 0 Å². The van der Waals surface area contributed by atoms with Crippen molar-refractivity contribution < 1.29 is 9.84 Å². The van der Waals surface area contributed by atoms with Crippen LogP contribution < -0.4 is 15.2 Å². The van der Waals surface area contributed by atoms with Crippen molar-refractivity contribution in [3.63, 3.8) is 0 Å². The summed E-state index contributed by atoms with van der Waals surface area (Å²) in [5.41, 5.74) is 3.69. The van der Waals surface area contributed by atoms with Crippen LogP contribution in [0.3, 0.4) is 0 Å². The van der Waals surface area contributed by atoms with Crippen LogP contribution in [0.25, 0.3) is 22.3 Å². The van der Waals surface area contributed by atoms with Gasteiger partial charge in [0.25, 0.3) is 5.56 Å². The molecular weight excluding hydrogens is 428 g/mol. The summed E-state index contributed by atoms with van der Waals surface area (Å²) >= 11 is 5.99. The lowest BCUT2D eigenvalue weighted by atomic mass is 10.1. The summed E-state index contributed by atoms with van der Waals surface area (Å²) < 4.78 is 8.71. The molecule has 8 heteroatoms. The van der Waals surface area contributed by atoms with E-state index in [0.717, 1.165) is 23.4 Å². The van der Waals surface area contributed by atoms with E-state index in [4.69, 9.17) is 16.3 Å². The number of β-amino-alcohol motifs (C(OH)–C–C–N with tert-alkyl or cyclic N) is 1. The number of aromatic nitrogens is 3. The van der Waals surface area contributed by atoms with Crippen LogP contribution in [0.1, 0.15) is 6.92 Å². The van der Waals surface area contributed by atoms with Gasteiger partial charge >= 0.3 is 0 Å². The number of fused-ring (bicyclic) bond motifs is 1. The molecule has 1 saturated heterocycles. The first-order valence-corrected chi connectivity index (χ1v) is 10.8. The first-order valence-electron chi connectivity index (χ1n) is 10.4. The fraction of sp³-hybridized carbons (Fsp3) is 0.250. The molecule has 1 aliphatic rings. The molecule has 0 aliphatic carbocycles. The molecular formula is C24H23ClN4O3. The van der Waals surface area contributed by atoms with Gasteiger partial charge < -0.3 is 14.7 Å². The fourth-order valence-electron chi connectivity index (χ4n) is 4.20. The summed E-state index contributed by atoms with van der Waals surface area (Å²) in [6, 6.07) is 14.9. The van der Waals surface area contributed by atoms with Gasteiger partial charge in [0.15, 0.2) is 0 Å². The number of aliphatic hydroxyl groups is 1. The first kappa shape index (κ1) is 20.6. The van der Waals surface area contributed by atoms with Crippen LogP contribution >= 0.6 is 11.6 Å². The smallest absolute Gasteiger partial charge is 0.282 e. The highest BCUT2D eigenvalue weighted by Crippen LogP contribution is 2.34. The number of halogens is 1. The number of aliphatic hydroxyl groups excluding tert-OH is 1. The topological polar surface area (TPSA) is 72.0 Å². The minimum Gasteiger partial charge on any atom is -0.495 e. The molecule has 0 spiro atoms. The van der Waals surface area contributed by atoms with E-state index in [1.807, 2.05) is 61.7 Å². The van der Waals surface area contributed by atoms with Crippen molar-refractivity contribution in [1.29, 1.82) is 0 Å². The van der Waals surface area contributed by atoms with Crippen LogP contribution in [0.2, 0.25) is 5.02 Å². The van der Waals surface area contributed by atoms with Gasteiger partial charge in [0.2, 0.25) is 0 Å². The quantitative estimate of drug-likeness (QED) is 0.514. The Morgan fingerprint density at radius 2 is 1.88 bits per heavy atom. The lowest BCUT2D eigenvalue weighted by molar-refractivity contribution is 0.157. The Balaban J connectivity index is 1.53. The van der Waals surface area contributed by atoms with Gasteiger partial charge in [-0.2, -0.15) is 5.10 Å². The number of hydrogen-bond donors (Lipinski definition) is 1. The molecule has 7 nitrogen and oxygen atoms in total. The third-order valence-corrected chi connectivity index (χ3v) is 6.31. The normalized spacial score (nSPS) is 18.4. The molecule has 2 aromatic carbocycles. The number of nitrogens with zero attached hydrogens (tertiary/aromatic N) is 4. The molecule has 0 radical (unpaired) electrons. The Bertz CT molecular complexity index is 1340. The lowest BCUT2D eigenvalue weighted by Crippen LogP contribution is -2.23. The van der Waals surface area contributed by atoms with Crippen LogP contribution in [0.4, 0.5) is 5.69 Å². The van der Waals surface area contributed by atoms with Crippen molar-refractivity contribution in [3.05, 3.63) is 76.4 Å². The lowest BCUT2D eigenvalue weighted by Gasteiger charge is -2.21. The van der Waals surface area contributed by atoms with Crippen LogP contribution in [0.15, 0.2) is 65.8 Å². The van der Waals surface area contributed by atoms with E-state index >= 15 is 0 Å². The number of anilines is 1. The standard InChI is InChI=1S/C24H23ClN4O3/c1-15-11-27(13-22(15)30)20-8-7-19(10-23(20)32-2)28-14-26-29-12-17(9-21(29)24(28)31)16-3-5-18(25)6-4-16/h3-10,12,14-15,22,30H,11,13H2,1-2H3/t15-,22+/m0/s1. The Kier molecular flexibility index (Phi) is 5.15. The molecule has 4 aromatic rings. The molecule has 1 fully saturated rings. The van der Waals surface area contributed by atoms with Gasteiger partial charge in [0.05, 0.1) is 24.6 Å². The Morgan fingerprint density at radius 1 is 1.09 bits per heavy atom. The third-order valence-electron chi connectivity index (χ3n) is 6.06. The van der Waals surface area contributed by atoms with Gasteiger partial charge in [-0.25, -0.2) is 4.52 Å². The van der Waals surface area contributed by atoms with Crippen LogP contribution in [0.5, 0.6) is 5.75 Å². The monoisotopic (exact) mass is 450 g/mol. The number of benzene rings is 2. The molecule has 0 amide bonds. The second-order valence-electron chi connectivity index (χ2n) is 8.18. The highest BCUT2D eigenvalue weighted by atomic mass is 35.5. The summed E-state index contributed by atoms with van der Waals surface area (Å²) in [5, 5.41) is 15.2. The molecule has 0 unspecified atom stereocenters. The molecule has 164 valence electrons.